The molecular formula is C56H60N4OPt. The summed E-state index contributed by atoms with van der Waals surface area (Å²) in [6.45, 7) is 29.3. The molecule has 0 fully saturated rings. The van der Waals surface area contributed by atoms with Crippen LogP contribution in [0.25, 0.3) is 33.3 Å². The van der Waals surface area contributed by atoms with Crippen molar-refractivity contribution in [2.45, 2.75) is 117 Å². The summed E-state index contributed by atoms with van der Waals surface area (Å²) in [5.74, 6) is 2.05. The molecule has 5 aromatic carbocycles. The Morgan fingerprint density at radius 2 is 1.15 bits per heavy atom. The van der Waals surface area contributed by atoms with Crippen molar-refractivity contribution in [3.05, 3.63) is 179 Å². The van der Waals surface area contributed by atoms with Crippen LogP contribution in [-0.2, 0) is 48.1 Å². The van der Waals surface area contributed by atoms with E-state index in [1.807, 2.05) is 23.0 Å². The normalized spacial score (nSPS) is 12.8. The van der Waals surface area contributed by atoms with E-state index in [4.69, 9.17) is 14.8 Å². The molecule has 0 aliphatic rings. The molecule has 0 saturated carbocycles. The van der Waals surface area contributed by atoms with E-state index < -0.39 is 0 Å². The summed E-state index contributed by atoms with van der Waals surface area (Å²) in [6, 6.07) is 50.6. The number of rotatable bonds is 8. The molecule has 0 aliphatic carbocycles. The predicted molar refractivity (Wildman–Crippen MR) is 253 cm³/mol. The Morgan fingerprint density at radius 1 is 0.532 bits per heavy atom. The molecule has 0 aliphatic heterocycles. The van der Waals surface area contributed by atoms with Crippen LogP contribution in [0, 0.1) is 12.1 Å². The van der Waals surface area contributed by atoms with Crippen LogP contribution < -0.4 is 4.74 Å². The fourth-order valence-corrected chi connectivity index (χ4v) is 8.49. The summed E-state index contributed by atoms with van der Waals surface area (Å²) in [4.78, 5) is 5.09. The first-order chi connectivity index (χ1) is 28.6. The zero-order chi connectivity index (χ0) is 43.7. The molecule has 0 saturated heterocycles. The van der Waals surface area contributed by atoms with Crippen molar-refractivity contribution in [1.82, 2.24) is 19.3 Å². The Morgan fingerprint density at radius 3 is 1.73 bits per heavy atom. The topological polar surface area (TPSA) is 44.9 Å². The molecule has 3 heterocycles. The smallest absolute Gasteiger partial charge is 0.509 e. The minimum atomic E-state index is -0.255. The van der Waals surface area contributed by atoms with Gasteiger partial charge in [0.1, 0.15) is 5.82 Å². The Labute approximate surface area is 383 Å². The minimum absolute atomic E-state index is 0. The van der Waals surface area contributed by atoms with Gasteiger partial charge in [0, 0.05) is 50.6 Å². The van der Waals surface area contributed by atoms with Crippen molar-refractivity contribution in [2.24, 2.45) is 0 Å². The fourth-order valence-electron chi connectivity index (χ4n) is 8.49. The molecule has 0 amide bonds. The fraction of sp³-hybridized carbons (Fsp3) is 0.321. The molecule has 0 radical (unpaired) electrons. The summed E-state index contributed by atoms with van der Waals surface area (Å²) in [6.07, 6.45) is 1.94. The first-order valence-electron chi connectivity index (χ1n) is 21.6. The van der Waals surface area contributed by atoms with Gasteiger partial charge in [-0.2, -0.15) is 11.2 Å². The van der Waals surface area contributed by atoms with Crippen molar-refractivity contribution in [1.29, 1.82) is 0 Å². The van der Waals surface area contributed by atoms with Gasteiger partial charge in [0.25, 0.3) is 0 Å². The van der Waals surface area contributed by atoms with Crippen molar-refractivity contribution >= 4 is 21.8 Å². The standard InChI is InChI=1S/C56H60N4O.Pt/c1-52(2,3)45-34-43(61-42-26-20-25-41(33-42)60-49(54(7,8)9)36-48(58-60)53(4,5)6)35-47-51(45)44-31-39(55(10,11)37-21-16-14-17-22-37)27-28-46(44)59(47)50-32-40(29-30-57-50)56(12,13)38-23-18-15-19-24-38;/h14-32,34,36H,1-13H3;/q-2;+2. The Bertz CT molecular complexity index is 2880. The quantitative estimate of drug-likeness (QED) is 0.143. The van der Waals surface area contributed by atoms with E-state index in [2.05, 4.69) is 216 Å². The molecular weight excluding hydrogens is 940 g/mol. The summed E-state index contributed by atoms with van der Waals surface area (Å²) >= 11 is 0. The maximum atomic E-state index is 6.86. The first kappa shape index (κ1) is 44.8. The van der Waals surface area contributed by atoms with Crippen LogP contribution in [0.5, 0.6) is 11.5 Å². The van der Waals surface area contributed by atoms with Gasteiger partial charge in [-0.25, -0.2) is 4.98 Å². The van der Waals surface area contributed by atoms with Crippen LogP contribution in [0.2, 0.25) is 0 Å². The summed E-state index contributed by atoms with van der Waals surface area (Å²) in [5, 5.41) is 7.43. The molecule has 0 unspecified atom stereocenters. The zero-order valence-electron chi connectivity index (χ0n) is 38.6. The summed E-state index contributed by atoms with van der Waals surface area (Å²) < 4.78 is 11.2. The van der Waals surface area contributed by atoms with E-state index >= 15 is 0 Å². The number of ether oxygens (including phenoxy) is 1. The molecule has 0 spiro atoms. The van der Waals surface area contributed by atoms with Crippen LogP contribution in [0.15, 0.2) is 128 Å². The van der Waals surface area contributed by atoms with Crippen molar-refractivity contribution in [3.63, 3.8) is 0 Å². The van der Waals surface area contributed by atoms with Gasteiger partial charge in [-0.05, 0) is 63.0 Å². The minimum Gasteiger partial charge on any atom is -0.509 e. The monoisotopic (exact) mass is 999 g/mol. The predicted octanol–water partition coefficient (Wildman–Crippen LogP) is 14.3. The third-order valence-corrected chi connectivity index (χ3v) is 12.4. The molecule has 320 valence electrons. The van der Waals surface area contributed by atoms with E-state index in [9.17, 15) is 0 Å². The summed E-state index contributed by atoms with van der Waals surface area (Å²) in [7, 11) is 0. The Kier molecular flexibility index (Phi) is 11.7. The number of benzene rings is 5. The second-order valence-corrected chi connectivity index (χ2v) is 20.8. The molecule has 62 heavy (non-hydrogen) atoms. The van der Waals surface area contributed by atoms with Gasteiger partial charge in [-0.1, -0.05) is 174 Å². The van der Waals surface area contributed by atoms with Crippen LogP contribution in [0.1, 0.15) is 129 Å². The molecule has 0 N–H and O–H groups in total. The van der Waals surface area contributed by atoms with Gasteiger partial charge in [-0.3, -0.25) is 4.68 Å². The van der Waals surface area contributed by atoms with Gasteiger partial charge >= 0.3 is 21.1 Å². The molecule has 0 atom stereocenters. The van der Waals surface area contributed by atoms with Crippen LogP contribution >= 0.6 is 0 Å². The Hall–Kier alpha value is -5.25. The average Bonchev–Trinajstić information content (AvgIpc) is 3.82. The number of nitrogens with zero attached hydrogens (tertiary/aromatic N) is 4. The maximum absolute atomic E-state index is 6.86. The Balaban J connectivity index is 0.00000578. The van der Waals surface area contributed by atoms with Gasteiger partial charge in [0.2, 0.25) is 0 Å². The van der Waals surface area contributed by atoms with E-state index in [0.29, 0.717) is 11.5 Å². The third-order valence-electron chi connectivity index (χ3n) is 12.4. The van der Waals surface area contributed by atoms with E-state index in [1.54, 1.807) is 0 Å². The van der Waals surface area contributed by atoms with Crippen LogP contribution in [0.3, 0.4) is 0 Å². The van der Waals surface area contributed by atoms with Gasteiger partial charge in [0.05, 0.1) is 5.69 Å². The first-order valence-corrected chi connectivity index (χ1v) is 21.6. The van der Waals surface area contributed by atoms with Crippen molar-refractivity contribution in [3.8, 4) is 23.0 Å². The number of hydrogen-bond donors (Lipinski definition) is 0. The molecule has 5 nitrogen and oxygen atoms in total. The maximum Gasteiger partial charge on any atom is 2.00 e. The molecule has 0 bridgehead atoms. The van der Waals surface area contributed by atoms with Gasteiger partial charge in [-0.15, -0.1) is 35.9 Å². The third kappa shape index (κ3) is 8.34. The van der Waals surface area contributed by atoms with Crippen LogP contribution in [-0.4, -0.2) is 19.3 Å². The number of hydrogen-bond acceptors (Lipinski definition) is 3. The van der Waals surface area contributed by atoms with Crippen molar-refractivity contribution in [2.75, 3.05) is 0 Å². The number of pyridine rings is 1. The number of fused-ring (bicyclic) bond motifs is 3. The van der Waals surface area contributed by atoms with Crippen LogP contribution in [0.4, 0.5) is 0 Å². The largest absolute Gasteiger partial charge is 2.00 e. The molecule has 8 aromatic rings. The SMILES string of the molecule is CC(C)(C)c1cc(C(C)(C)C)n(-c2[c-]c(Oc3[c-]c4c(c(C(C)(C)C)c3)c3cc(C(C)(C)c5ccccc5)ccc3n4-c3cc(C(C)(C)c4ccccc4)ccn3)ccc2)n1.[Pt+2]. The van der Waals surface area contributed by atoms with Crippen molar-refractivity contribution < 1.29 is 25.8 Å². The molecule has 6 heteroatoms. The van der Waals surface area contributed by atoms with Gasteiger partial charge < -0.3 is 9.30 Å². The van der Waals surface area contributed by atoms with E-state index in [0.717, 1.165) is 44.7 Å². The second-order valence-electron chi connectivity index (χ2n) is 20.8. The average molecular weight is 1000 g/mol. The summed E-state index contributed by atoms with van der Waals surface area (Å²) in [5.41, 5.74) is 10.1. The van der Waals surface area contributed by atoms with E-state index in [-0.39, 0.29) is 48.1 Å². The molecule has 8 rings (SSSR count). The zero-order valence-corrected chi connectivity index (χ0v) is 40.9. The number of aromatic nitrogens is 4. The van der Waals surface area contributed by atoms with E-state index in [1.165, 1.54) is 27.8 Å². The van der Waals surface area contributed by atoms with Gasteiger partial charge in [0.15, 0.2) is 0 Å². The second kappa shape index (κ2) is 16.1. The molecule has 3 aromatic heterocycles.